The van der Waals surface area contributed by atoms with Crippen LogP contribution in [0.2, 0.25) is 0 Å². The Morgan fingerprint density at radius 2 is 1.91 bits per heavy atom. The standard InChI is InChI=1S/C25H31N5O2/c1-25(2,3)21-8-6-19(7-9-21)23-28-22(32-29-23)17-30-14-4-5-20(16-30)24(31)27-15-18-10-12-26-13-11-18/h6-13,20H,4-5,14-17H2,1-3H3,(H,27,31). The molecule has 1 amide bonds. The lowest BCUT2D eigenvalue weighted by molar-refractivity contribution is -0.127. The highest BCUT2D eigenvalue weighted by Gasteiger charge is 2.27. The highest BCUT2D eigenvalue weighted by atomic mass is 16.5. The summed E-state index contributed by atoms with van der Waals surface area (Å²) in [5.41, 5.74) is 3.37. The number of aromatic nitrogens is 3. The first kappa shape index (κ1) is 22.1. The number of likely N-dealkylation sites (tertiary alicyclic amines) is 1. The number of carbonyl (C=O) groups is 1. The number of nitrogens with one attached hydrogen (secondary N) is 1. The van der Waals surface area contributed by atoms with E-state index in [2.05, 4.69) is 58.2 Å². The summed E-state index contributed by atoms with van der Waals surface area (Å²) in [6, 6.07) is 12.1. The molecule has 0 saturated carbocycles. The molecule has 1 fully saturated rings. The van der Waals surface area contributed by atoms with E-state index in [1.54, 1.807) is 12.4 Å². The highest BCUT2D eigenvalue weighted by Crippen LogP contribution is 2.25. The fourth-order valence-electron chi connectivity index (χ4n) is 3.99. The van der Waals surface area contributed by atoms with Crippen LogP contribution < -0.4 is 5.32 Å². The van der Waals surface area contributed by atoms with Crippen molar-refractivity contribution in [2.75, 3.05) is 13.1 Å². The number of hydrogen-bond donors (Lipinski definition) is 1. The van der Waals surface area contributed by atoms with Gasteiger partial charge in [-0.2, -0.15) is 4.98 Å². The topological polar surface area (TPSA) is 84.2 Å². The molecule has 7 nitrogen and oxygen atoms in total. The fourth-order valence-corrected chi connectivity index (χ4v) is 3.99. The Morgan fingerprint density at radius 3 is 2.62 bits per heavy atom. The van der Waals surface area contributed by atoms with Crippen LogP contribution in [0.4, 0.5) is 0 Å². The molecule has 1 unspecified atom stereocenters. The second kappa shape index (κ2) is 9.61. The van der Waals surface area contributed by atoms with Gasteiger partial charge in [0.25, 0.3) is 0 Å². The molecule has 168 valence electrons. The summed E-state index contributed by atoms with van der Waals surface area (Å²) in [6.07, 6.45) is 5.35. The first-order valence-corrected chi connectivity index (χ1v) is 11.2. The van der Waals surface area contributed by atoms with Crippen molar-refractivity contribution in [1.29, 1.82) is 0 Å². The molecule has 32 heavy (non-hydrogen) atoms. The van der Waals surface area contributed by atoms with Crippen molar-refractivity contribution in [2.45, 2.75) is 52.1 Å². The van der Waals surface area contributed by atoms with Crippen molar-refractivity contribution < 1.29 is 9.32 Å². The normalized spacial score (nSPS) is 17.3. The molecule has 0 bridgehead atoms. The average Bonchev–Trinajstić information content (AvgIpc) is 3.26. The van der Waals surface area contributed by atoms with Gasteiger partial charge in [-0.15, -0.1) is 0 Å². The summed E-state index contributed by atoms with van der Waals surface area (Å²) >= 11 is 0. The van der Waals surface area contributed by atoms with Crippen LogP contribution in [0, 0.1) is 5.92 Å². The molecule has 0 spiro atoms. The third-order valence-corrected chi connectivity index (χ3v) is 5.93. The number of rotatable bonds is 6. The molecule has 1 saturated heterocycles. The van der Waals surface area contributed by atoms with Gasteiger partial charge >= 0.3 is 0 Å². The number of hydrogen-bond acceptors (Lipinski definition) is 6. The van der Waals surface area contributed by atoms with Gasteiger partial charge < -0.3 is 9.84 Å². The van der Waals surface area contributed by atoms with Gasteiger partial charge in [-0.1, -0.05) is 50.2 Å². The summed E-state index contributed by atoms with van der Waals surface area (Å²) in [5, 5.41) is 7.21. The molecule has 1 atom stereocenters. The molecular weight excluding hydrogens is 402 g/mol. The number of benzene rings is 1. The van der Waals surface area contributed by atoms with E-state index < -0.39 is 0 Å². The summed E-state index contributed by atoms with van der Waals surface area (Å²) in [4.78, 5) is 23.5. The Kier molecular flexibility index (Phi) is 6.65. The third-order valence-electron chi connectivity index (χ3n) is 5.93. The van der Waals surface area contributed by atoms with Gasteiger partial charge in [0.1, 0.15) is 0 Å². The Labute approximate surface area is 189 Å². The summed E-state index contributed by atoms with van der Waals surface area (Å²) in [7, 11) is 0. The lowest BCUT2D eigenvalue weighted by atomic mass is 9.87. The highest BCUT2D eigenvalue weighted by molar-refractivity contribution is 5.78. The Bertz CT molecular complexity index is 1020. The molecule has 3 heterocycles. The smallest absolute Gasteiger partial charge is 0.241 e. The van der Waals surface area contributed by atoms with Gasteiger partial charge in [-0.05, 0) is 48.1 Å². The Hall–Kier alpha value is -3.06. The minimum Gasteiger partial charge on any atom is -0.352 e. The third kappa shape index (κ3) is 5.59. The lowest BCUT2D eigenvalue weighted by Gasteiger charge is -2.30. The van der Waals surface area contributed by atoms with Gasteiger partial charge in [0.2, 0.25) is 17.6 Å². The van der Waals surface area contributed by atoms with Crippen LogP contribution in [0.1, 0.15) is 50.6 Å². The van der Waals surface area contributed by atoms with E-state index >= 15 is 0 Å². The maximum Gasteiger partial charge on any atom is 0.241 e. The second-order valence-electron chi connectivity index (χ2n) is 9.49. The van der Waals surface area contributed by atoms with Crippen LogP contribution in [0.3, 0.4) is 0 Å². The molecule has 0 radical (unpaired) electrons. The van der Waals surface area contributed by atoms with E-state index in [0.29, 0.717) is 31.3 Å². The van der Waals surface area contributed by atoms with E-state index in [1.165, 1.54) is 5.56 Å². The average molecular weight is 434 g/mol. The van der Waals surface area contributed by atoms with E-state index in [0.717, 1.165) is 30.5 Å². The molecule has 4 rings (SSSR count). The predicted molar refractivity (Wildman–Crippen MR) is 123 cm³/mol. The number of piperidine rings is 1. The zero-order chi connectivity index (χ0) is 22.6. The zero-order valence-electron chi connectivity index (χ0n) is 19.0. The summed E-state index contributed by atoms with van der Waals surface area (Å²) < 4.78 is 5.51. The molecule has 1 aliphatic rings. The van der Waals surface area contributed by atoms with E-state index in [-0.39, 0.29) is 17.2 Å². The first-order valence-electron chi connectivity index (χ1n) is 11.2. The van der Waals surface area contributed by atoms with Gasteiger partial charge in [-0.3, -0.25) is 14.7 Å². The minimum atomic E-state index is -0.0297. The fraction of sp³-hybridized carbons (Fsp3) is 0.440. The van der Waals surface area contributed by atoms with E-state index in [4.69, 9.17) is 4.52 Å². The van der Waals surface area contributed by atoms with Crippen molar-refractivity contribution in [1.82, 2.24) is 25.3 Å². The molecule has 1 aromatic carbocycles. The number of amides is 1. The van der Waals surface area contributed by atoms with Gasteiger partial charge in [0.15, 0.2) is 0 Å². The Balaban J connectivity index is 1.32. The molecule has 3 aromatic rings. The summed E-state index contributed by atoms with van der Waals surface area (Å²) in [6.45, 7) is 9.28. The molecular formula is C25H31N5O2. The van der Waals surface area contributed by atoms with Crippen molar-refractivity contribution >= 4 is 5.91 Å². The first-order chi connectivity index (χ1) is 15.4. The second-order valence-corrected chi connectivity index (χ2v) is 9.49. The van der Waals surface area contributed by atoms with Gasteiger partial charge in [0.05, 0.1) is 12.5 Å². The van der Waals surface area contributed by atoms with Crippen LogP contribution in [0.25, 0.3) is 11.4 Å². The van der Waals surface area contributed by atoms with E-state index in [9.17, 15) is 4.79 Å². The SMILES string of the molecule is CC(C)(C)c1ccc(-c2noc(CN3CCCC(C(=O)NCc4ccncc4)C3)n2)cc1. The number of pyridine rings is 1. The van der Waals surface area contributed by atoms with Gasteiger partial charge in [-0.25, -0.2) is 0 Å². The van der Waals surface area contributed by atoms with Crippen molar-refractivity contribution in [3.8, 4) is 11.4 Å². The van der Waals surface area contributed by atoms with Crippen molar-refractivity contribution in [3.05, 3.63) is 65.8 Å². The predicted octanol–water partition coefficient (Wildman–Crippen LogP) is 3.96. The van der Waals surface area contributed by atoms with Crippen LogP contribution in [-0.2, 0) is 23.3 Å². The quantitative estimate of drug-likeness (QED) is 0.634. The maximum atomic E-state index is 12.7. The van der Waals surface area contributed by atoms with Crippen molar-refractivity contribution in [2.24, 2.45) is 5.92 Å². The van der Waals surface area contributed by atoms with Crippen LogP contribution >= 0.6 is 0 Å². The molecule has 1 N–H and O–H groups in total. The molecule has 1 aliphatic heterocycles. The number of nitrogens with zero attached hydrogens (tertiary/aromatic N) is 4. The molecule has 7 heteroatoms. The largest absolute Gasteiger partial charge is 0.352 e. The number of carbonyl (C=O) groups excluding carboxylic acids is 1. The van der Waals surface area contributed by atoms with Crippen LogP contribution in [-0.4, -0.2) is 39.0 Å². The molecule has 2 aromatic heterocycles. The van der Waals surface area contributed by atoms with E-state index in [1.807, 2.05) is 24.3 Å². The Morgan fingerprint density at radius 1 is 1.16 bits per heavy atom. The monoisotopic (exact) mass is 433 g/mol. The van der Waals surface area contributed by atoms with Gasteiger partial charge in [0, 0.05) is 31.0 Å². The summed E-state index contributed by atoms with van der Waals surface area (Å²) in [5.74, 6) is 1.25. The van der Waals surface area contributed by atoms with Crippen molar-refractivity contribution in [3.63, 3.8) is 0 Å². The lowest BCUT2D eigenvalue weighted by Crippen LogP contribution is -2.42. The molecule has 0 aliphatic carbocycles. The maximum absolute atomic E-state index is 12.7. The van der Waals surface area contributed by atoms with Crippen LogP contribution in [0.5, 0.6) is 0 Å². The zero-order valence-corrected chi connectivity index (χ0v) is 19.0. The minimum absolute atomic E-state index is 0.0297. The van der Waals surface area contributed by atoms with Crippen LogP contribution in [0.15, 0.2) is 53.3 Å².